The third-order valence-corrected chi connectivity index (χ3v) is 6.00. The second-order valence-corrected chi connectivity index (χ2v) is 7.81. The summed E-state index contributed by atoms with van der Waals surface area (Å²) in [5.41, 5.74) is 0.361. The molecule has 1 fully saturated rings. The molecule has 12 heteroatoms. The van der Waals surface area contributed by atoms with Gasteiger partial charge in [0.2, 0.25) is 12.0 Å². The number of aliphatic hydroxyl groups excluding tert-OH is 3. The van der Waals surface area contributed by atoms with Crippen LogP contribution in [0.15, 0.2) is 29.2 Å². The van der Waals surface area contributed by atoms with Crippen molar-refractivity contribution in [3.8, 4) is 17.2 Å². The first-order chi connectivity index (χ1) is 15.8. The Bertz CT molecular complexity index is 1100. The maximum Gasteiger partial charge on any atom is 0.340 e. The zero-order valence-corrected chi connectivity index (χ0v) is 17.4. The molecule has 0 spiro atoms. The van der Waals surface area contributed by atoms with Crippen molar-refractivity contribution in [2.24, 2.45) is 0 Å². The number of phenolic OH excluding ortho intramolecular Hbond substituents is 1. The Hall–Kier alpha value is -3.32. The van der Waals surface area contributed by atoms with E-state index in [2.05, 4.69) is 0 Å². The first-order valence-corrected chi connectivity index (χ1v) is 9.96. The number of esters is 2. The van der Waals surface area contributed by atoms with Crippen LogP contribution in [0.4, 0.5) is 0 Å². The van der Waals surface area contributed by atoms with Crippen molar-refractivity contribution < 1.29 is 58.4 Å². The molecule has 3 aliphatic heterocycles. The molecule has 1 aliphatic carbocycles. The van der Waals surface area contributed by atoms with Gasteiger partial charge in [0.15, 0.2) is 29.1 Å². The average molecular weight is 464 g/mol. The molecule has 0 saturated carbocycles. The average Bonchev–Trinajstić information content (AvgIpc) is 2.78. The predicted molar refractivity (Wildman–Crippen MR) is 103 cm³/mol. The topological polar surface area (TPSA) is 170 Å². The minimum Gasteiger partial charge on any atom is -0.504 e. The van der Waals surface area contributed by atoms with Crippen molar-refractivity contribution in [1.82, 2.24) is 0 Å². The molecule has 1 aromatic rings. The molecule has 3 heterocycles. The zero-order chi connectivity index (χ0) is 23.6. The van der Waals surface area contributed by atoms with Gasteiger partial charge in [0.25, 0.3) is 0 Å². The van der Waals surface area contributed by atoms with E-state index in [1.807, 2.05) is 0 Å². The molecule has 0 amide bonds. The molecule has 6 unspecified atom stereocenters. The molecule has 12 nitrogen and oxygen atoms in total. The lowest BCUT2D eigenvalue weighted by Crippen LogP contribution is -2.53. The maximum absolute atomic E-state index is 12.9. The summed E-state index contributed by atoms with van der Waals surface area (Å²) in [4.78, 5) is 25.7. The van der Waals surface area contributed by atoms with Crippen molar-refractivity contribution in [3.05, 3.63) is 40.4 Å². The van der Waals surface area contributed by atoms with Gasteiger partial charge in [-0.15, -0.1) is 0 Å². The predicted octanol–water partition coefficient (Wildman–Crippen LogP) is -0.804. The Balaban J connectivity index is 1.61. The van der Waals surface area contributed by atoms with E-state index in [0.29, 0.717) is 0 Å². The van der Waals surface area contributed by atoms with Gasteiger partial charge in [0, 0.05) is 5.56 Å². The molecule has 0 radical (unpaired) electrons. The lowest BCUT2D eigenvalue weighted by Gasteiger charge is -2.41. The van der Waals surface area contributed by atoms with E-state index in [1.165, 1.54) is 26.4 Å². The van der Waals surface area contributed by atoms with E-state index >= 15 is 0 Å². The van der Waals surface area contributed by atoms with Crippen LogP contribution in [0.2, 0.25) is 0 Å². The number of aliphatic hydroxyl groups is 3. The molecule has 4 aliphatic rings. The number of carbonyl (C=O) groups excluding carboxylic acids is 2. The minimum absolute atomic E-state index is 0.00548. The third-order valence-electron chi connectivity index (χ3n) is 6.00. The SMILES string of the molecule is COC1=C(OC2OCC(O)C(O)C2O)C=C2C(=O)Oc3c(OC)c(O)cc4c3C2C1OC4=O. The van der Waals surface area contributed by atoms with Crippen LogP contribution in [0.25, 0.3) is 0 Å². The molecule has 5 rings (SSSR count). The molecule has 0 aromatic heterocycles. The number of methoxy groups -OCH3 is 2. The second-order valence-electron chi connectivity index (χ2n) is 7.81. The van der Waals surface area contributed by atoms with Crippen LogP contribution in [-0.4, -0.2) is 83.9 Å². The lowest BCUT2D eigenvalue weighted by molar-refractivity contribution is -0.258. The Kier molecular flexibility index (Phi) is 4.97. The number of hydrogen-bond acceptors (Lipinski definition) is 12. The lowest BCUT2D eigenvalue weighted by atomic mass is 9.76. The summed E-state index contributed by atoms with van der Waals surface area (Å²) in [5, 5.41) is 40.0. The number of carbonyl (C=O) groups is 2. The number of aromatic hydroxyl groups is 1. The molecule has 1 aromatic carbocycles. The third kappa shape index (κ3) is 3.06. The summed E-state index contributed by atoms with van der Waals surface area (Å²) >= 11 is 0. The van der Waals surface area contributed by atoms with Gasteiger partial charge in [-0.3, -0.25) is 0 Å². The highest BCUT2D eigenvalue weighted by Gasteiger charge is 2.53. The number of hydrogen-bond donors (Lipinski definition) is 4. The number of allylic oxidation sites excluding steroid dienone is 1. The smallest absolute Gasteiger partial charge is 0.340 e. The van der Waals surface area contributed by atoms with Crippen LogP contribution in [0.3, 0.4) is 0 Å². The van der Waals surface area contributed by atoms with Gasteiger partial charge in [-0.2, -0.15) is 0 Å². The Morgan fingerprint density at radius 2 is 1.82 bits per heavy atom. The summed E-state index contributed by atoms with van der Waals surface area (Å²) < 4.78 is 32.5. The maximum atomic E-state index is 12.9. The normalized spacial score (nSPS) is 32.3. The van der Waals surface area contributed by atoms with Crippen molar-refractivity contribution in [3.63, 3.8) is 0 Å². The van der Waals surface area contributed by atoms with Gasteiger partial charge in [-0.05, 0) is 12.1 Å². The van der Waals surface area contributed by atoms with Crippen molar-refractivity contribution in [2.45, 2.75) is 36.6 Å². The quantitative estimate of drug-likeness (QED) is 0.323. The number of rotatable bonds is 4. The Morgan fingerprint density at radius 1 is 1.06 bits per heavy atom. The van der Waals surface area contributed by atoms with E-state index in [1.54, 1.807) is 0 Å². The van der Waals surface area contributed by atoms with E-state index < -0.39 is 54.3 Å². The van der Waals surface area contributed by atoms with Crippen LogP contribution in [0.5, 0.6) is 17.2 Å². The van der Waals surface area contributed by atoms with Crippen LogP contribution in [-0.2, 0) is 23.7 Å². The van der Waals surface area contributed by atoms with Crippen LogP contribution < -0.4 is 9.47 Å². The van der Waals surface area contributed by atoms with Gasteiger partial charge < -0.3 is 48.8 Å². The van der Waals surface area contributed by atoms with Crippen LogP contribution in [0, 0.1) is 0 Å². The Labute approximate surface area is 186 Å². The highest BCUT2D eigenvalue weighted by molar-refractivity contribution is 6.02. The molecular formula is C21H20O12. The standard InChI is InChI=1S/C21H20O12/c1-28-15-8(22)3-6-11-12-7(20(27)32-17(11)15)4-10(16(29-2)18(12)33-19(6)26)31-21-14(25)13(24)9(23)5-30-21/h3-4,9,12-14,18,21-25H,5H2,1-2H3. The van der Waals surface area contributed by atoms with Gasteiger partial charge in [0.1, 0.15) is 18.3 Å². The number of benzene rings is 1. The molecule has 33 heavy (non-hydrogen) atoms. The number of ether oxygens (including phenoxy) is 6. The Morgan fingerprint density at radius 3 is 2.52 bits per heavy atom. The first-order valence-electron chi connectivity index (χ1n) is 9.96. The molecule has 0 bridgehead atoms. The van der Waals surface area contributed by atoms with E-state index in [0.717, 1.165) is 0 Å². The van der Waals surface area contributed by atoms with Crippen LogP contribution >= 0.6 is 0 Å². The van der Waals surface area contributed by atoms with Crippen molar-refractivity contribution >= 4 is 11.9 Å². The molecule has 1 saturated heterocycles. The van der Waals surface area contributed by atoms with Gasteiger partial charge in [0.05, 0.1) is 37.9 Å². The van der Waals surface area contributed by atoms with Crippen LogP contribution in [0.1, 0.15) is 21.8 Å². The largest absolute Gasteiger partial charge is 0.504 e. The zero-order valence-electron chi connectivity index (χ0n) is 17.4. The fourth-order valence-electron chi connectivity index (χ4n) is 4.44. The first kappa shape index (κ1) is 21.5. The molecule has 4 N–H and O–H groups in total. The fraction of sp³-hybridized carbons (Fsp3) is 0.429. The summed E-state index contributed by atoms with van der Waals surface area (Å²) in [6, 6.07) is 1.17. The fourth-order valence-corrected chi connectivity index (χ4v) is 4.44. The summed E-state index contributed by atoms with van der Waals surface area (Å²) in [5.74, 6) is -3.11. The minimum atomic E-state index is -1.61. The van der Waals surface area contributed by atoms with E-state index in [9.17, 15) is 30.0 Å². The van der Waals surface area contributed by atoms with Gasteiger partial charge >= 0.3 is 11.9 Å². The summed E-state index contributed by atoms with van der Waals surface area (Å²) in [7, 11) is 2.58. The summed E-state index contributed by atoms with van der Waals surface area (Å²) in [6.07, 6.45) is -5.68. The monoisotopic (exact) mass is 464 g/mol. The van der Waals surface area contributed by atoms with Gasteiger partial charge in [-0.25, -0.2) is 9.59 Å². The molecule has 176 valence electrons. The highest BCUT2D eigenvalue weighted by atomic mass is 16.7. The second kappa shape index (κ2) is 7.63. The summed E-state index contributed by atoms with van der Waals surface area (Å²) in [6.45, 7) is -0.307. The molecule has 6 atom stereocenters. The van der Waals surface area contributed by atoms with Gasteiger partial charge in [-0.1, -0.05) is 0 Å². The van der Waals surface area contributed by atoms with Crippen molar-refractivity contribution in [1.29, 1.82) is 0 Å². The highest BCUT2D eigenvalue weighted by Crippen LogP contribution is 2.55. The van der Waals surface area contributed by atoms with Crippen molar-refractivity contribution in [2.75, 3.05) is 20.8 Å². The number of phenols is 1. The van der Waals surface area contributed by atoms with E-state index in [-0.39, 0.29) is 46.3 Å². The van der Waals surface area contributed by atoms with E-state index in [4.69, 9.17) is 28.4 Å². The molecular weight excluding hydrogens is 444 g/mol.